The predicted octanol–water partition coefficient (Wildman–Crippen LogP) is 4.63. The maximum atomic E-state index is 13.3. The third-order valence-corrected chi connectivity index (χ3v) is 10.1. The molecule has 1 aromatic carbocycles. The average molecular weight is 547 g/mol. The van der Waals surface area contributed by atoms with E-state index in [0.29, 0.717) is 29.0 Å². The number of rotatable bonds is 6. The molecule has 2 aromatic rings. The summed E-state index contributed by atoms with van der Waals surface area (Å²) in [5.74, 6) is 1.71. The van der Waals surface area contributed by atoms with Crippen LogP contribution in [0.15, 0.2) is 41.4 Å². The van der Waals surface area contributed by atoms with Crippen molar-refractivity contribution in [2.75, 3.05) is 49.5 Å². The number of likely N-dealkylation sites (tertiary alicyclic amines) is 1. The lowest BCUT2D eigenvalue weighted by Crippen LogP contribution is -2.51. The van der Waals surface area contributed by atoms with E-state index in [4.69, 9.17) is 16.6 Å². The topological polar surface area (TPSA) is 81.7 Å². The number of sulfonamides is 1. The smallest absolute Gasteiger partial charge is 0.243 e. The van der Waals surface area contributed by atoms with E-state index < -0.39 is 10.0 Å². The summed E-state index contributed by atoms with van der Waals surface area (Å²) in [6.07, 6.45) is 12.1. The van der Waals surface area contributed by atoms with Crippen LogP contribution in [0.25, 0.3) is 0 Å². The van der Waals surface area contributed by atoms with E-state index in [-0.39, 0.29) is 12.1 Å². The summed E-state index contributed by atoms with van der Waals surface area (Å²) in [4.78, 5) is 14.6. The highest BCUT2D eigenvalue weighted by Gasteiger charge is 2.34. The minimum atomic E-state index is -3.53. The summed E-state index contributed by atoms with van der Waals surface area (Å²) < 4.78 is 28.3. The fourth-order valence-electron chi connectivity index (χ4n) is 5.89. The van der Waals surface area contributed by atoms with Gasteiger partial charge in [0.05, 0.1) is 4.90 Å². The molecule has 3 aliphatic rings. The zero-order chi connectivity index (χ0) is 25.7. The minimum Gasteiger partial charge on any atom is -0.356 e. The molecule has 0 aliphatic carbocycles. The monoisotopic (exact) mass is 546 g/mol. The van der Waals surface area contributed by atoms with Gasteiger partial charge in [-0.2, -0.15) is 9.29 Å². The largest absolute Gasteiger partial charge is 0.356 e. The number of piperidine rings is 1. The van der Waals surface area contributed by atoms with Crippen LogP contribution in [0.1, 0.15) is 57.8 Å². The average Bonchev–Trinajstić information content (AvgIpc) is 3.33. The Balaban J connectivity index is 1.24. The quantitative estimate of drug-likeness (QED) is 0.565. The van der Waals surface area contributed by atoms with E-state index in [1.165, 1.54) is 25.7 Å². The maximum absolute atomic E-state index is 13.3. The molecule has 0 amide bonds. The van der Waals surface area contributed by atoms with Crippen LogP contribution in [0.3, 0.4) is 0 Å². The van der Waals surface area contributed by atoms with Gasteiger partial charge in [0, 0.05) is 56.0 Å². The van der Waals surface area contributed by atoms with Crippen molar-refractivity contribution in [2.45, 2.75) is 74.8 Å². The Bertz CT molecular complexity index is 1120. The normalized spacial score (nSPS) is 24.8. The van der Waals surface area contributed by atoms with Gasteiger partial charge in [-0.15, -0.1) is 0 Å². The molecule has 3 saturated heterocycles. The van der Waals surface area contributed by atoms with Crippen LogP contribution in [0, 0.1) is 0 Å². The first kappa shape index (κ1) is 26.7. The van der Waals surface area contributed by atoms with Gasteiger partial charge in [0.1, 0.15) is 5.82 Å². The second kappa shape index (κ2) is 12.3. The van der Waals surface area contributed by atoms with E-state index in [1.54, 1.807) is 28.6 Å². The van der Waals surface area contributed by atoms with Gasteiger partial charge >= 0.3 is 0 Å². The summed E-state index contributed by atoms with van der Waals surface area (Å²) in [6.45, 7) is 5.07. The van der Waals surface area contributed by atoms with Crippen LogP contribution in [0.5, 0.6) is 0 Å². The van der Waals surface area contributed by atoms with Crippen molar-refractivity contribution in [3.63, 3.8) is 0 Å². The lowest BCUT2D eigenvalue weighted by molar-refractivity contribution is 0.136. The van der Waals surface area contributed by atoms with Crippen molar-refractivity contribution >= 4 is 33.4 Å². The first-order valence-corrected chi connectivity index (χ1v) is 15.7. The Kier molecular flexibility index (Phi) is 8.85. The van der Waals surface area contributed by atoms with E-state index in [0.717, 1.165) is 64.1 Å². The van der Waals surface area contributed by atoms with Crippen LogP contribution >= 0.6 is 11.6 Å². The Labute approximate surface area is 226 Å². The Morgan fingerprint density at radius 3 is 2.38 bits per heavy atom. The molecule has 2 unspecified atom stereocenters. The van der Waals surface area contributed by atoms with Crippen molar-refractivity contribution in [3.05, 3.63) is 41.6 Å². The molecule has 2 atom stereocenters. The molecule has 5 rings (SSSR count). The molecule has 10 heteroatoms. The summed E-state index contributed by atoms with van der Waals surface area (Å²) in [5.41, 5.74) is 0. The SMILES string of the molecule is O=S(=O)(c1ccc(Cl)cc1)N1CCCC(N2CCCCC(Nc3nccc(N4CCCCCC4)n3)C2)C1. The van der Waals surface area contributed by atoms with E-state index >= 15 is 0 Å². The van der Waals surface area contributed by atoms with Crippen molar-refractivity contribution in [1.29, 1.82) is 0 Å². The van der Waals surface area contributed by atoms with Crippen LogP contribution in [-0.4, -0.2) is 78.9 Å². The number of benzene rings is 1. The lowest BCUT2D eigenvalue weighted by Gasteiger charge is -2.39. The third-order valence-electron chi connectivity index (χ3n) is 7.93. The molecule has 1 aromatic heterocycles. The summed E-state index contributed by atoms with van der Waals surface area (Å²) in [7, 11) is -3.53. The molecule has 0 bridgehead atoms. The van der Waals surface area contributed by atoms with Gasteiger partial charge in [0.15, 0.2) is 0 Å². The van der Waals surface area contributed by atoms with E-state index in [1.807, 2.05) is 12.3 Å². The highest BCUT2D eigenvalue weighted by atomic mass is 35.5. The number of hydrogen-bond donors (Lipinski definition) is 1. The number of nitrogens with one attached hydrogen (secondary N) is 1. The summed E-state index contributed by atoms with van der Waals surface area (Å²) in [6, 6.07) is 8.97. The van der Waals surface area contributed by atoms with Crippen LogP contribution in [0.4, 0.5) is 11.8 Å². The number of aromatic nitrogens is 2. The molecule has 1 N–H and O–H groups in total. The fourth-order valence-corrected chi connectivity index (χ4v) is 7.53. The highest BCUT2D eigenvalue weighted by molar-refractivity contribution is 7.89. The second-order valence-corrected chi connectivity index (χ2v) is 13.0. The number of hydrogen-bond acceptors (Lipinski definition) is 7. The number of halogens is 1. The molecule has 8 nitrogen and oxygen atoms in total. The molecule has 0 spiro atoms. The molecule has 4 heterocycles. The molecule has 3 aliphatic heterocycles. The zero-order valence-corrected chi connectivity index (χ0v) is 23.1. The zero-order valence-electron chi connectivity index (χ0n) is 21.6. The molecular weight excluding hydrogens is 508 g/mol. The standard InChI is InChI=1S/C27H39ClN6O2S/c28-22-10-12-25(13-11-22)37(35,36)34-19-7-9-24(21-34)33-18-6-3-8-23(20-33)30-27-29-15-14-26(31-27)32-16-4-1-2-5-17-32/h10-15,23-24H,1-9,16-21H2,(H,29,30,31). The molecule has 0 radical (unpaired) electrons. The second-order valence-electron chi connectivity index (χ2n) is 10.6. The molecule has 202 valence electrons. The van der Waals surface area contributed by atoms with E-state index in [2.05, 4.69) is 20.1 Å². The third kappa shape index (κ3) is 6.74. The number of nitrogens with zero attached hydrogens (tertiary/aromatic N) is 5. The summed E-state index contributed by atoms with van der Waals surface area (Å²) in [5, 5.41) is 4.16. The minimum absolute atomic E-state index is 0.211. The first-order valence-electron chi connectivity index (χ1n) is 13.8. The lowest BCUT2D eigenvalue weighted by atomic mass is 10.1. The van der Waals surface area contributed by atoms with Crippen LogP contribution in [-0.2, 0) is 10.0 Å². The Hall–Kier alpha value is -1.94. The fraction of sp³-hybridized carbons (Fsp3) is 0.630. The molecular formula is C27H39ClN6O2S. The Morgan fingerprint density at radius 2 is 1.59 bits per heavy atom. The van der Waals surface area contributed by atoms with Crippen molar-refractivity contribution in [3.8, 4) is 0 Å². The van der Waals surface area contributed by atoms with Gasteiger partial charge in [-0.3, -0.25) is 4.90 Å². The van der Waals surface area contributed by atoms with E-state index in [9.17, 15) is 8.42 Å². The van der Waals surface area contributed by atoms with Gasteiger partial charge in [0.2, 0.25) is 16.0 Å². The van der Waals surface area contributed by atoms with Crippen molar-refractivity contribution in [1.82, 2.24) is 19.2 Å². The molecule has 3 fully saturated rings. The summed E-state index contributed by atoms with van der Waals surface area (Å²) >= 11 is 5.98. The number of anilines is 2. The predicted molar refractivity (Wildman–Crippen MR) is 149 cm³/mol. The van der Waals surface area contributed by atoms with Gasteiger partial charge in [-0.25, -0.2) is 13.4 Å². The first-order chi connectivity index (χ1) is 18.0. The van der Waals surface area contributed by atoms with Gasteiger partial charge in [-0.05, 0) is 75.4 Å². The van der Waals surface area contributed by atoms with Gasteiger partial charge < -0.3 is 10.2 Å². The van der Waals surface area contributed by atoms with Crippen molar-refractivity contribution in [2.24, 2.45) is 0 Å². The van der Waals surface area contributed by atoms with Crippen LogP contribution in [0.2, 0.25) is 5.02 Å². The van der Waals surface area contributed by atoms with Gasteiger partial charge in [0.25, 0.3) is 0 Å². The molecule has 37 heavy (non-hydrogen) atoms. The highest BCUT2D eigenvalue weighted by Crippen LogP contribution is 2.26. The molecule has 0 saturated carbocycles. The van der Waals surface area contributed by atoms with Crippen LogP contribution < -0.4 is 10.2 Å². The Morgan fingerprint density at radius 1 is 0.838 bits per heavy atom. The van der Waals surface area contributed by atoms with Gasteiger partial charge in [-0.1, -0.05) is 30.9 Å². The van der Waals surface area contributed by atoms with Crippen molar-refractivity contribution < 1.29 is 8.42 Å². The maximum Gasteiger partial charge on any atom is 0.243 e.